The van der Waals surface area contributed by atoms with E-state index in [9.17, 15) is 4.79 Å². The van der Waals surface area contributed by atoms with Gasteiger partial charge in [0.15, 0.2) is 5.82 Å². The summed E-state index contributed by atoms with van der Waals surface area (Å²) in [7, 11) is 0. The summed E-state index contributed by atoms with van der Waals surface area (Å²) < 4.78 is 0. The van der Waals surface area contributed by atoms with Gasteiger partial charge in [-0.05, 0) is 24.5 Å². The molecule has 0 aliphatic rings. The summed E-state index contributed by atoms with van der Waals surface area (Å²) in [6, 6.07) is 18.0. The quantitative estimate of drug-likeness (QED) is 0.770. The summed E-state index contributed by atoms with van der Waals surface area (Å²) in [5, 5.41) is 2.93. The second-order valence-corrected chi connectivity index (χ2v) is 5.91. The zero-order chi connectivity index (χ0) is 17.6. The van der Waals surface area contributed by atoms with Crippen LogP contribution < -0.4 is 5.32 Å². The number of nitrogens with one attached hydrogen (secondary N) is 1. The molecule has 0 aliphatic heterocycles. The minimum Gasteiger partial charge on any atom is -0.348 e. The molecule has 0 fully saturated rings. The highest BCUT2D eigenvalue weighted by molar-refractivity contribution is 5.95. The van der Waals surface area contributed by atoms with Gasteiger partial charge in [-0.2, -0.15) is 0 Å². The van der Waals surface area contributed by atoms with Crippen LogP contribution in [-0.4, -0.2) is 15.9 Å². The number of rotatable bonds is 5. The van der Waals surface area contributed by atoms with Crippen LogP contribution in [0.5, 0.6) is 0 Å². The largest absolute Gasteiger partial charge is 0.348 e. The molecule has 0 radical (unpaired) electrons. The first-order chi connectivity index (χ1) is 12.2. The van der Waals surface area contributed by atoms with Crippen molar-refractivity contribution in [3.05, 3.63) is 83.2 Å². The van der Waals surface area contributed by atoms with Crippen molar-refractivity contribution in [1.82, 2.24) is 15.3 Å². The van der Waals surface area contributed by atoms with E-state index in [-0.39, 0.29) is 5.91 Å². The third kappa shape index (κ3) is 4.10. The van der Waals surface area contributed by atoms with Crippen LogP contribution in [0.15, 0.2) is 60.8 Å². The zero-order valence-corrected chi connectivity index (χ0v) is 14.5. The monoisotopic (exact) mass is 331 g/mol. The standard InChI is InChI=1S/C21H21N3O/c1-3-16-9-11-17(12-10-16)13-23-21(25)19-14-22-20(24-15(19)2)18-7-5-4-6-8-18/h4-12,14H,3,13H2,1-2H3,(H,23,25). The Hall–Kier alpha value is -3.01. The first-order valence-electron chi connectivity index (χ1n) is 8.42. The zero-order valence-electron chi connectivity index (χ0n) is 14.5. The van der Waals surface area contributed by atoms with Crippen LogP contribution in [0.3, 0.4) is 0 Å². The van der Waals surface area contributed by atoms with Gasteiger partial charge in [0.2, 0.25) is 0 Å². The summed E-state index contributed by atoms with van der Waals surface area (Å²) in [5.74, 6) is 0.474. The van der Waals surface area contributed by atoms with E-state index < -0.39 is 0 Å². The van der Waals surface area contributed by atoms with Gasteiger partial charge in [-0.1, -0.05) is 61.5 Å². The van der Waals surface area contributed by atoms with E-state index in [0.717, 1.165) is 17.5 Å². The average molecular weight is 331 g/mol. The molecule has 0 unspecified atom stereocenters. The topological polar surface area (TPSA) is 54.9 Å². The molecule has 1 heterocycles. The van der Waals surface area contributed by atoms with E-state index in [1.165, 1.54) is 5.56 Å². The Labute approximate surface area is 148 Å². The van der Waals surface area contributed by atoms with E-state index in [2.05, 4.69) is 34.3 Å². The fraction of sp³-hybridized carbons (Fsp3) is 0.190. The number of aromatic nitrogens is 2. The highest BCUT2D eigenvalue weighted by Gasteiger charge is 2.12. The van der Waals surface area contributed by atoms with Crippen molar-refractivity contribution in [3.63, 3.8) is 0 Å². The lowest BCUT2D eigenvalue weighted by molar-refractivity contribution is 0.0949. The lowest BCUT2D eigenvalue weighted by atomic mass is 10.1. The molecule has 1 aromatic heterocycles. The Balaban J connectivity index is 1.69. The maximum Gasteiger partial charge on any atom is 0.254 e. The average Bonchev–Trinajstić information content (AvgIpc) is 2.67. The van der Waals surface area contributed by atoms with Crippen molar-refractivity contribution in [2.75, 3.05) is 0 Å². The number of carbonyl (C=O) groups excluding carboxylic acids is 1. The molecule has 1 amide bonds. The Bertz CT molecular complexity index is 858. The lowest BCUT2D eigenvalue weighted by Crippen LogP contribution is -2.24. The Kier molecular flexibility index (Phi) is 5.19. The maximum absolute atomic E-state index is 12.4. The van der Waals surface area contributed by atoms with Gasteiger partial charge in [0.25, 0.3) is 5.91 Å². The van der Waals surface area contributed by atoms with E-state index in [1.807, 2.05) is 49.4 Å². The molecule has 3 rings (SSSR count). The van der Waals surface area contributed by atoms with Crippen molar-refractivity contribution in [1.29, 1.82) is 0 Å². The number of benzene rings is 2. The highest BCUT2D eigenvalue weighted by atomic mass is 16.1. The first-order valence-corrected chi connectivity index (χ1v) is 8.42. The van der Waals surface area contributed by atoms with E-state index in [0.29, 0.717) is 23.6 Å². The number of carbonyl (C=O) groups is 1. The first kappa shape index (κ1) is 16.8. The van der Waals surface area contributed by atoms with Gasteiger partial charge < -0.3 is 5.32 Å². The van der Waals surface area contributed by atoms with Crippen LogP contribution in [0.2, 0.25) is 0 Å². The molecule has 0 bridgehead atoms. The van der Waals surface area contributed by atoms with Gasteiger partial charge in [0.1, 0.15) is 0 Å². The fourth-order valence-electron chi connectivity index (χ4n) is 2.59. The summed E-state index contributed by atoms with van der Waals surface area (Å²) in [6.07, 6.45) is 2.61. The number of amides is 1. The molecule has 0 atom stereocenters. The minimum atomic E-state index is -0.156. The number of aryl methyl sites for hydroxylation is 2. The van der Waals surface area contributed by atoms with Crippen LogP contribution >= 0.6 is 0 Å². The van der Waals surface area contributed by atoms with Crippen LogP contribution in [0.4, 0.5) is 0 Å². The number of nitrogens with zero attached hydrogens (tertiary/aromatic N) is 2. The van der Waals surface area contributed by atoms with Crippen LogP contribution in [0, 0.1) is 6.92 Å². The van der Waals surface area contributed by atoms with Gasteiger partial charge in [0, 0.05) is 18.3 Å². The van der Waals surface area contributed by atoms with Crippen LogP contribution in [0.25, 0.3) is 11.4 Å². The molecule has 0 saturated carbocycles. The van der Waals surface area contributed by atoms with Gasteiger partial charge >= 0.3 is 0 Å². The fourth-order valence-corrected chi connectivity index (χ4v) is 2.59. The predicted octanol–water partition coefficient (Wildman–Crippen LogP) is 3.94. The van der Waals surface area contributed by atoms with Crippen molar-refractivity contribution in [2.45, 2.75) is 26.8 Å². The molecule has 0 aliphatic carbocycles. The summed E-state index contributed by atoms with van der Waals surface area (Å²) in [4.78, 5) is 21.2. The summed E-state index contributed by atoms with van der Waals surface area (Å²) in [5.41, 5.74) is 4.48. The third-order valence-corrected chi connectivity index (χ3v) is 4.14. The molecule has 0 spiro atoms. The minimum absolute atomic E-state index is 0.156. The Morgan fingerprint density at radius 1 is 1.00 bits per heavy atom. The smallest absolute Gasteiger partial charge is 0.254 e. The number of hydrogen-bond donors (Lipinski definition) is 1. The van der Waals surface area contributed by atoms with Crippen LogP contribution in [0.1, 0.15) is 34.1 Å². The Morgan fingerprint density at radius 2 is 1.68 bits per heavy atom. The molecule has 1 N–H and O–H groups in total. The summed E-state index contributed by atoms with van der Waals surface area (Å²) in [6.45, 7) is 4.44. The molecule has 126 valence electrons. The molecule has 2 aromatic carbocycles. The lowest BCUT2D eigenvalue weighted by Gasteiger charge is -2.09. The van der Waals surface area contributed by atoms with Gasteiger partial charge in [-0.3, -0.25) is 4.79 Å². The van der Waals surface area contributed by atoms with E-state index in [4.69, 9.17) is 0 Å². The molecule has 3 aromatic rings. The Morgan fingerprint density at radius 3 is 2.32 bits per heavy atom. The third-order valence-electron chi connectivity index (χ3n) is 4.14. The maximum atomic E-state index is 12.4. The van der Waals surface area contributed by atoms with Gasteiger partial charge in [-0.15, -0.1) is 0 Å². The van der Waals surface area contributed by atoms with E-state index >= 15 is 0 Å². The molecular formula is C21H21N3O. The van der Waals surface area contributed by atoms with Gasteiger partial charge in [-0.25, -0.2) is 9.97 Å². The highest BCUT2D eigenvalue weighted by Crippen LogP contribution is 2.15. The van der Waals surface area contributed by atoms with Crippen LogP contribution in [-0.2, 0) is 13.0 Å². The second kappa shape index (κ2) is 7.71. The molecule has 0 saturated heterocycles. The molecular weight excluding hydrogens is 310 g/mol. The van der Waals surface area contributed by atoms with Crippen molar-refractivity contribution < 1.29 is 4.79 Å². The molecule has 25 heavy (non-hydrogen) atoms. The van der Waals surface area contributed by atoms with Crippen molar-refractivity contribution in [2.24, 2.45) is 0 Å². The predicted molar refractivity (Wildman–Crippen MR) is 99.2 cm³/mol. The molecule has 4 heteroatoms. The molecule has 4 nitrogen and oxygen atoms in total. The van der Waals surface area contributed by atoms with Gasteiger partial charge in [0.05, 0.1) is 11.3 Å². The van der Waals surface area contributed by atoms with Crippen molar-refractivity contribution >= 4 is 5.91 Å². The number of hydrogen-bond acceptors (Lipinski definition) is 3. The summed E-state index contributed by atoms with van der Waals surface area (Å²) >= 11 is 0. The normalized spacial score (nSPS) is 10.5. The van der Waals surface area contributed by atoms with E-state index in [1.54, 1.807) is 6.20 Å². The van der Waals surface area contributed by atoms with Crippen molar-refractivity contribution in [3.8, 4) is 11.4 Å². The SMILES string of the molecule is CCc1ccc(CNC(=O)c2cnc(-c3ccccc3)nc2C)cc1. The second-order valence-electron chi connectivity index (χ2n) is 5.91.